The van der Waals surface area contributed by atoms with Crippen LogP contribution in [0.25, 0.3) is 0 Å². The molecule has 1 fully saturated rings. The van der Waals surface area contributed by atoms with E-state index >= 15 is 0 Å². The zero-order valence-corrected chi connectivity index (χ0v) is 27.9. The first kappa shape index (κ1) is 39.0. The van der Waals surface area contributed by atoms with Crippen LogP contribution in [0.5, 0.6) is 0 Å². The maximum atomic E-state index is 5.34. The maximum Gasteiger partial charge on any atom is 0.0605 e. The lowest BCUT2D eigenvalue weighted by atomic mass is 9.74. The number of hydrogen-bond donors (Lipinski definition) is 1. The summed E-state index contributed by atoms with van der Waals surface area (Å²) in [6, 6.07) is 0.574. The van der Waals surface area contributed by atoms with Crippen LogP contribution < -0.4 is 5.32 Å². The number of allylic oxidation sites excluding steroid dienone is 4. The number of ether oxygens (including phenoxy) is 1. The molecule has 0 bridgehead atoms. The van der Waals surface area contributed by atoms with Crippen LogP contribution in [-0.4, -0.2) is 69.3 Å². The van der Waals surface area contributed by atoms with Crippen molar-refractivity contribution < 1.29 is 4.74 Å². The molecule has 0 saturated carbocycles. The molecule has 0 amide bonds. The van der Waals surface area contributed by atoms with E-state index in [1.165, 1.54) is 38.5 Å². The zero-order valence-electron chi connectivity index (χ0n) is 27.9. The molecule has 0 aromatic heterocycles. The molecule has 3 unspecified atom stereocenters. The summed E-state index contributed by atoms with van der Waals surface area (Å²) in [5, 5.41) is 3.11. The molecular weight excluding hydrogens is 466 g/mol. The molecule has 226 valence electrons. The molecule has 0 spiro atoms. The van der Waals surface area contributed by atoms with Crippen molar-refractivity contribution in [2.75, 3.05) is 47.4 Å². The van der Waals surface area contributed by atoms with Crippen LogP contribution in [0, 0.1) is 17.3 Å². The number of likely N-dealkylation sites (tertiary alicyclic amines) is 1. The molecule has 2 aliphatic rings. The topological polar surface area (TPSA) is 27.7 Å². The van der Waals surface area contributed by atoms with E-state index in [0.29, 0.717) is 23.5 Å². The van der Waals surface area contributed by atoms with Gasteiger partial charge in [-0.25, -0.2) is 0 Å². The van der Waals surface area contributed by atoms with Gasteiger partial charge in [-0.2, -0.15) is 0 Å². The van der Waals surface area contributed by atoms with Crippen LogP contribution in [0.1, 0.15) is 107 Å². The highest BCUT2D eigenvalue weighted by molar-refractivity contribution is 4.93. The Labute approximate surface area is 240 Å². The van der Waals surface area contributed by atoms with E-state index in [-0.39, 0.29) is 0 Å². The summed E-state index contributed by atoms with van der Waals surface area (Å²) in [5.41, 5.74) is 0.519. The fourth-order valence-electron chi connectivity index (χ4n) is 4.00. The lowest BCUT2D eigenvalue weighted by molar-refractivity contribution is 0.0532. The second-order valence-electron chi connectivity index (χ2n) is 12.0. The normalized spacial score (nSPS) is 19.8. The first-order valence-electron chi connectivity index (χ1n) is 15.6. The highest BCUT2D eigenvalue weighted by Gasteiger charge is 2.23. The second-order valence-corrected chi connectivity index (χ2v) is 12.0. The third-order valence-corrected chi connectivity index (χ3v) is 7.54. The predicted octanol–water partition coefficient (Wildman–Crippen LogP) is 8.56. The van der Waals surface area contributed by atoms with E-state index in [1.807, 2.05) is 7.11 Å². The summed E-state index contributed by atoms with van der Waals surface area (Å²) in [6.07, 6.45) is 22.8. The van der Waals surface area contributed by atoms with Crippen LogP contribution in [0.3, 0.4) is 0 Å². The van der Waals surface area contributed by atoms with Gasteiger partial charge >= 0.3 is 0 Å². The van der Waals surface area contributed by atoms with Gasteiger partial charge in [-0.15, -0.1) is 0 Å². The molecule has 38 heavy (non-hydrogen) atoms. The van der Waals surface area contributed by atoms with E-state index in [2.05, 4.69) is 128 Å². The molecule has 1 N–H and O–H groups in total. The molecular formula is C34H69N3O. The Kier molecular flexibility index (Phi) is 25.6. The summed E-state index contributed by atoms with van der Waals surface area (Å²) in [7, 11) is 5.99. The predicted molar refractivity (Wildman–Crippen MR) is 173 cm³/mol. The van der Waals surface area contributed by atoms with Gasteiger partial charge in [-0.1, -0.05) is 92.2 Å². The smallest absolute Gasteiger partial charge is 0.0605 e. The quantitative estimate of drug-likeness (QED) is 0.299. The Morgan fingerprint density at radius 3 is 1.92 bits per heavy atom. The molecule has 3 atom stereocenters. The van der Waals surface area contributed by atoms with Crippen LogP contribution >= 0.6 is 0 Å². The van der Waals surface area contributed by atoms with Crippen molar-refractivity contribution in [1.82, 2.24) is 15.1 Å². The Balaban J connectivity index is 0. The summed E-state index contributed by atoms with van der Waals surface area (Å²) < 4.78 is 5.34. The zero-order chi connectivity index (χ0) is 29.4. The average molecular weight is 536 g/mol. The van der Waals surface area contributed by atoms with Gasteiger partial charge in [0, 0.05) is 26.2 Å². The monoisotopic (exact) mass is 536 g/mol. The van der Waals surface area contributed by atoms with Gasteiger partial charge in [-0.05, 0) is 96.1 Å². The summed E-state index contributed by atoms with van der Waals surface area (Å²) in [4.78, 5) is 4.59. The maximum absolute atomic E-state index is 5.34. The molecule has 1 aliphatic carbocycles. The third kappa shape index (κ3) is 22.8. The number of methoxy groups -OCH3 is 1. The molecule has 2 rings (SSSR count). The lowest BCUT2D eigenvalue weighted by Crippen LogP contribution is -2.33. The van der Waals surface area contributed by atoms with Crippen molar-refractivity contribution in [2.24, 2.45) is 17.3 Å². The Morgan fingerprint density at radius 2 is 1.58 bits per heavy atom. The minimum absolute atomic E-state index is 0.489. The van der Waals surface area contributed by atoms with E-state index in [9.17, 15) is 0 Å². The fourth-order valence-corrected chi connectivity index (χ4v) is 4.00. The highest BCUT2D eigenvalue weighted by Crippen LogP contribution is 2.34. The number of rotatable bonds is 9. The lowest BCUT2D eigenvalue weighted by Gasteiger charge is -2.31. The molecule has 4 heteroatoms. The molecule has 4 nitrogen and oxygen atoms in total. The van der Waals surface area contributed by atoms with Crippen LogP contribution in [0.15, 0.2) is 36.6 Å². The third-order valence-electron chi connectivity index (χ3n) is 7.54. The van der Waals surface area contributed by atoms with E-state index < -0.39 is 0 Å². The number of nitrogens with zero attached hydrogens (tertiary/aromatic N) is 2. The Hall–Kier alpha value is -1.10. The van der Waals surface area contributed by atoms with Gasteiger partial charge in [0.05, 0.1) is 6.10 Å². The SMILES string of the molecule is CC(C)(C)C1CC=CCC1.CC/C=C\C(C)N(C)C.CCC(C)/C=C/N1CCC(OC)CC1.CCNCC. The summed E-state index contributed by atoms with van der Waals surface area (Å²) in [5.74, 6) is 1.62. The van der Waals surface area contributed by atoms with E-state index in [4.69, 9.17) is 4.74 Å². The standard InChI is InChI=1S/C12H23NO.C10H18.C8H17N.C4H11N/c1-4-11(2)5-8-13-9-6-12(14-3)7-10-13;1-10(2,3)9-7-5-4-6-8-9;1-5-6-7-8(2)9(3)4;1-3-5-4-2/h5,8,11-12H,4,6-7,9-10H2,1-3H3;4-5,9H,6-8H2,1-3H3;6-8H,5H2,1-4H3;5H,3-4H2,1-2H3/b8-5+;;7-6-;. The molecule has 1 aliphatic heterocycles. The van der Waals surface area contributed by atoms with E-state index in [1.54, 1.807) is 0 Å². The van der Waals surface area contributed by atoms with Gasteiger partial charge in [0.15, 0.2) is 0 Å². The summed E-state index contributed by atoms with van der Waals surface area (Å²) in [6.45, 7) is 24.5. The highest BCUT2D eigenvalue weighted by atomic mass is 16.5. The minimum Gasteiger partial charge on any atom is -0.381 e. The van der Waals surface area contributed by atoms with Crippen molar-refractivity contribution in [3.8, 4) is 0 Å². The van der Waals surface area contributed by atoms with Crippen LogP contribution in [0.4, 0.5) is 0 Å². The first-order chi connectivity index (χ1) is 18.0. The second kappa shape index (κ2) is 24.9. The van der Waals surface area contributed by atoms with Gasteiger partial charge in [0.1, 0.15) is 0 Å². The van der Waals surface area contributed by atoms with Crippen molar-refractivity contribution in [3.05, 3.63) is 36.6 Å². The van der Waals surface area contributed by atoms with Crippen LogP contribution in [0.2, 0.25) is 0 Å². The number of piperidine rings is 1. The fraction of sp³-hybridized carbons (Fsp3) is 0.824. The Bertz CT molecular complexity index is 581. The van der Waals surface area contributed by atoms with Gasteiger partial charge in [0.25, 0.3) is 0 Å². The molecule has 1 heterocycles. The van der Waals surface area contributed by atoms with Crippen LogP contribution in [-0.2, 0) is 4.74 Å². The number of nitrogens with one attached hydrogen (secondary N) is 1. The van der Waals surface area contributed by atoms with Crippen molar-refractivity contribution in [3.63, 3.8) is 0 Å². The first-order valence-corrected chi connectivity index (χ1v) is 15.6. The largest absolute Gasteiger partial charge is 0.381 e. The van der Waals surface area contributed by atoms with Gasteiger partial charge < -0.3 is 19.9 Å². The number of hydrogen-bond acceptors (Lipinski definition) is 4. The average Bonchev–Trinajstić information content (AvgIpc) is 2.92. The summed E-state index contributed by atoms with van der Waals surface area (Å²) >= 11 is 0. The molecule has 1 saturated heterocycles. The van der Waals surface area contributed by atoms with Crippen molar-refractivity contribution >= 4 is 0 Å². The van der Waals surface area contributed by atoms with Crippen molar-refractivity contribution in [1.29, 1.82) is 0 Å². The van der Waals surface area contributed by atoms with Crippen molar-refractivity contribution in [2.45, 2.75) is 119 Å². The van der Waals surface area contributed by atoms with Gasteiger partial charge in [0.2, 0.25) is 0 Å². The van der Waals surface area contributed by atoms with Gasteiger partial charge in [-0.3, -0.25) is 0 Å². The molecule has 0 aromatic carbocycles. The Morgan fingerprint density at radius 1 is 0.974 bits per heavy atom. The minimum atomic E-state index is 0.489. The van der Waals surface area contributed by atoms with E-state index in [0.717, 1.165) is 38.5 Å². The number of likely N-dealkylation sites (N-methyl/N-ethyl adjacent to an activating group) is 1. The molecule has 0 aromatic rings. The molecule has 0 radical (unpaired) electrons.